The molecule has 0 radical (unpaired) electrons. The van der Waals surface area contributed by atoms with Gasteiger partial charge >= 0.3 is 0 Å². The Kier molecular flexibility index (Phi) is 3.03. The second kappa shape index (κ2) is 4.29. The largest absolute Gasteiger partial charge is 0.288 e. The van der Waals surface area contributed by atoms with Gasteiger partial charge in [0.25, 0.3) is 0 Å². The molecule has 1 heterocycles. The van der Waals surface area contributed by atoms with E-state index in [0.29, 0.717) is 0 Å². The zero-order chi connectivity index (χ0) is 10.8. The van der Waals surface area contributed by atoms with E-state index in [1.807, 2.05) is 43.3 Å². The molecule has 1 nitrogen and oxygen atoms in total. The summed E-state index contributed by atoms with van der Waals surface area (Å²) in [5.74, 6) is 0.0886. The first-order valence-electron chi connectivity index (χ1n) is 4.53. The number of carbonyl (C=O) groups excluding carboxylic acids is 1. The molecule has 0 aliphatic carbocycles. The van der Waals surface area contributed by atoms with Gasteiger partial charge in [-0.15, -0.1) is 11.3 Å². The highest BCUT2D eigenvalue weighted by Crippen LogP contribution is 2.24. The average molecular weight is 281 g/mol. The van der Waals surface area contributed by atoms with Crippen LogP contribution in [0.25, 0.3) is 0 Å². The van der Waals surface area contributed by atoms with Crippen LogP contribution >= 0.6 is 27.3 Å². The Bertz CT molecular complexity index is 485. The van der Waals surface area contributed by atoms with E-state index in [1.165, 1.54) is 16.9 Å². The van der Waals surface area contributed by atoms with Crippen LogP contribution in [-0.4, -0.2) is 5.78 Å². The first-order valence-corrected chi connectivity index (χ1v) is 6.14. The Morgan fingerprint density at radius 3 is 2.33 bits per heavy atom. The summed E-state index contributed by atoms with van der Waals surface area (Å²) in [4.78, 5) is 12.7. The minimum Gasteiger partial charge on any atom is -0.288 e. The fraction of sp³-hybridized carbons (Fsp3) is 0.0833. The minimum atomic E-state index is 0.0886. The van der Waals surface area contributed by atoms with Crippen LogP contribution in [-0.2, 0) is 0 Å². The lowest BCUT2D eigenvalue weighted by atomic mass is 10.1. The highest BCUT2D eigenvalue weighted by atomic mass is 79.9. The third-order valence-corrected chi connectivity index (χ3v) is 3.73. The van der Waals surface area contributed by atoms with Gasteiger partial charge in [-0.1, -0.05) is 29.8 Å². The Morgan fingerprint density at radius 1 is 1.13 bits per heavy atom. The number of ketones is 1. The monoisotopic (exact) mass is 280 g/mol. The van der Waals surface area contributed by atoms with Crippen LogP contribution in [0, 0.1) is 6.92 Å². The molecule has 2 aromatic rings. The molecule has 15 heavy (non-hydrogen) atoms. The lowest BCUT2D eigenvalue weighted by Gasteiger charge is -1.98. The van der Waals surface area contributed by atoms with Crippen molar-refractivity contribution in [1.82, 2.24) is 0 Å². The summed E-state index contributed by atoms with van der Waals surface area (Å²) in [5, 5.41) is 0. The predicted molar refractivity (Wildman–Crippen MR) is 66.6 cm³/mol. The molecule has 0 unspecified atom stereocenters. The van der Waals surface area contributed by atoms with E-state index in [-0.39, 0.29) is 5.78 Å². The topological polar surface area (TPSA) is 17.1 Å². The van der Waals surface area contributed by atoms with Gasteiger partial charge in [0.05, 0.1) is 8.66 Å². The zero-order valence-electron chi connectivity index (χ0n) is 8.16. The Balaban J connectivity index is 2.32. The summed E-state index contributed by atoms with van der Waals surface area (Å²) in [6.07, 6.45) is 0. The molecule has 0 spiro atoms. The fourth-order valence-corrected chi connectivity index (χ4v) is 2.63. The van der Waals surface area contributed by atoms with Gasteiger partial charge in [0, 0.05) is 5.56 Å². The molecule has 0 atom stereocenters. The van der Waals surface area contributed by atoms with Crippen LogP contribution < -0.4 is 0 Å². The van der Waals surface area contributed by atoms with E-state index in [9.17, 15) is 4.79 Å². The Labute approximate surface area is 101 Å². The maximum Gasteiger partial charge on any atom is 0.202 e. The Hall–Kier alpha value is -0.930. The van der Waals surface area contributed by atoms with Crippen molar-refractivity contribution >= 4 is 33.0 Å². The molecule has 3 heteroatoms. The quantitative estimate of drug-likeness (QED) is 0.759. The van der Waals surface area contributed by atoms with E-state index < -0.39 is 0 Å². The first kappa shape index (κ1) is 10.6. The van der Waals surface area contributed by atoms with Gasteiger partial charge in [0.1, 0.15) is 0 Å². The van der Waals surface area contributed by atoms with Crippen molar-refractivity contribution in [1.29, 1.82) is 0 Å². The lowest BCUT2D eigenvalue weighted by molar-refractivity contribution is 0.104. The number of hydrogen-bond acceptors (Lipinski definition) is 2. The third-order valence-electron chi connectivity index (χ3n) is 2.11. The van der Waals surface area contributed by atoms with Crippen LogP contribution in [0.5, 0.6) is 0 Å². The number of thiophene rings is 1. The first-order chi connectivity index (χ1) is 7.16. The predicted octanol–water partition coefficient (Wildman–Crippen LogP) is 4.05. The summed E-state index contributed by atoms with van der Waals surface area (Å²) in [6.45, 7) is 2.01. The van der Waals surface area contributed by atoms with Crippen molar-refractivity contribution in [2.24, 2.45) is 0 Å². The number of hydrogen-bond donors (Lipinski definition) is 0. The summed E-state index contributed by atoms with van der Waals surface area (Å²) < 4.78 is 0.984. The van der Waals surface area contributed by atoms with E-state index in [2.05, 4.69) is 15.9 Å². The second-order valence-electron chi connectivity index (χ2n) is 3.30. The number of benzene rings is 1. The molecule has 76 valence electrons. The SMILES string of the molecule is Cc1ccc(C(=O)c2ccc(Br)s2)cc1. The molecule has 0 aliphatic rings. The molecule has 0 fully saturated rings. The molecule has 0 aliphatic heterocycles. The van der Waals surface area contributed by atoms with Crippen molar-refractivity contribution < 1.29 is 4.79 Å². The smallest absolute Gasteiger partial charge is 0.202 e. The molecule has 1 aromatic carbocycles. The highest BCUT2D eigenvalue weighted by molar-refractivity contribution is 9.11. The van der Waals surface area contributed by atoms with Crippen molar-refractivity contribution in [2.75, 3.05) is 0 Å². The average Bonchev–Trinajstić information content (AvgIpc) is 2.65. The van der Waals surface area contributed by atoms with Crippen LogP contribution in [0.2, 0.25) is 0 Å². The minimum absolute atomic E-state index is 0.0886. The van der Waals surface area contributed by atoms with E-state index in [0.717, 1.165) is 14.2 Å². The normalized spacial score (nSPS) is 10.3. The van der Waals surface area contributed by atoms with Crippen LogP contribution in [0.3, 0.4) is 0 Å². The molecular weight excluding hydrogens is 272 g/mol. The summed E-state index contributed by atoms with van der Waals surface area (Å²) in [6, 6.07) is 11.4. The van der Waals surface area contributed by atoms with Crippen LogP contribution in [0.15, 0.2) is 40.2 Å². The maximum absolute atomic E-state index is 12.0. The lowest BCUT2D eigenvalue weighted by Crippen LogP contribution is -1.97. The zero-order valence-corrected chi connectivity index (χ0v) is 10.6. The summed E-state index contributed by atoms with van der Waals surface area (Å²) >= 11 is 4.81. The van der Waals surface area contributed by atoms with Gasteiger partial charge in [-0.2, -0.15) is 0 Å². The van der Waals surface area contributed by atoms with E-state index >= 15 is 0 Å². The van der Waals surface area contributed by atoms with E-state index in [4.69, 9.17) is 0 Å². The standard InChI is InChI=1S/C12H9BrOS/c1-8-2-4-9(5-3-8)12(14)10-6-7-11(13)15-10/h2-7H,1H3. The number of aryl methyl sites for hydroxylation is 1. The van der Waals surface area contributed by atoms with Gasteiger partial charge in [0.2, 0.25) is 5.78 Å². The van der Waals surface area contributed by atoms with Crippen molar-refractivity contribution in [3.63, 3.8) is 0 Å². The summed E-state index contributed by atoms with van der Waals surface area (Å²) in [7, 11) is 0. The van der Waals surface area contributed by atoms with Gasteiger partial charge in [-0.25, -0.2) is 0 Å². The third kappa shape index (κ3) is 2.36. The number of halogens is 1. The molecular formula is C12H9BrOS. The van der Waals surface area contributed by atoms with Crippen molar-refractivity contribution in [3.8, 4) is 0 Å². The van der Waals surface area contributed by atoms with Gasteiger partial charge < -0.3 is 0 Å². The molecule has 0 bridgehead atoms. The highest BCUT2D eigenvalue weighted by Gasteiger charge is 2.10. The second-order valence-corrected chi connectivity index (χ2v) is 5.76. The molecule has 0 N–H and O–H groups in total. The van der Waals surface area contributed by atoms with Gasteiger partial charge in [0.15, 0.2) is 0 Å². The van der Waals surface area contributed by atoms with Gasteiger partial charge in [-0.3, -0.25) is 4.79 Å². The Morgan fingerprint density at radius 2 is 1.80 bits per heavy atom. The molecule has 1 aromatic heterocycles. The number of rotatable bonds is 2. The molecule has 0 saturated heterocycles. The van der Waals surface area contributed by atoms with Crippen LogP contribution in [0.4, 0.5) is 0 Å². The fourth-order valence-electron chi connectivity index (χ4n) is 1.28. The van der Waals surface area contributed by atoms with Crippen molar-refractivity contribution in [3.05, 3.63) is 56.2 Å². The summed E-state index contributed by atoms with van der Waals surface area (Å²) in [5.41, 5.74) is 1.91. The molecule has 0 amide bonds. The van der Waals surface area contributed by atoms with Crippen LogP contribution in [0.1, 0.15) is 20.8 Å². The number of carbonyl (C=O) groups is 1. The van der Waals surface area contributed by atoms with Crippen molar-refractivity contribution in [2.45, 2.75) is 6.92 Å². The van der Waals surface area contributed by atoms with E-state index in [1.54, 1.807) is 0 Å². The molecule has 0 saturated carbocycles. The molecule has 2 rings (SSSR count). The maximum atomic E-state index is 12.0. The van der Waals surface area contributed by atoms with Gasteiger partial charge in [-0.05, 0) is 35.0 Å².